The van der Waals surface area contributed by atoms with Crippen molar-refractivity contribution in [1.82, 2.24) is 0 Å². The first-order valence-corrected chi connectivity index (χ1v) is 9.15. The molecule has 0 saturated heterocycles. The highest BCUT2D eigenvalue weighted by Gasteiger charge is 2.26. The molecular formula is C23H21FN2O4. The van der Waals surface area contributed by atoms with Crippen molar-refractivity contribution in [2.45, 2.75) is 13.3 Å². The highest BCUT2D eigenvalue weighted by atomic mass is 19.1. The summed E-state index contributed by atoms with van der Waals surface area (Å²) in [6.07, 6.45) is 2.77. The summed E-state index contributed by atoms with van der Waals surface area (Å²) in [6, 6.07) is 8.11. The first kappa shape index (κ1) is 21.0. The Balaban J connectivity index is 2.18. The summed E-state index contributed by atoms with van der Waals surface area (Å²) in [5, 5.41) is 0. The Hall–Kier alpha value is -3.70. The van der Waals surface area contributed by atoms with Crippen molar-refractivity contribution in [3.8, 4) is 17.2 Å². The predicted molar refractivity (Wildman–Crippen MR) is 112 cm³/mol. The van der Waals surface area contributed by atoms with E-state index in [9.17, 15) is 9.18 Å². The molecular weight excluding hydrogens is 387 g/mol. The van der Waals surface area contributed by atoms with Crippen LogP contribution in [0.2, 0.25) is 0 Å². The summed E-state index contributed by atoms with van der Waals surface area (Å²) >= 11 is 0. The fourth-order valence-corrected chi connectivity index (χ4v) is 3.62. The third-order valence-electron chi connectivity index (χ3n) is 5.00. The number of carbonyl (C=O) groups is 1. The quantitative estimate of drug-likeness (QED) is 0.385. The van der Waals surface area contributed by atoms with Crippen LogP contribution in [0, 0.1) is 5.82 Å². The molecule has 0 N–H and O–H groups in total. The van der Waals surface area contributed by atoms with E-state index in [1.54, 1.807) is 20.3 Å². The second-order valence-corrected chi connectivity index (χ2v) is 6.70. The van der Waals surface area contributed by atoms with Gasteiger partial charge in [0.25, 0.3) is 0 Å². The number of Topliss-reactive ketones (excluding diaryl/α,β-unsaturated/α-hetero) is 1. The summed E-state index contributed by atoms with van der Waals surface area (Å²) in [5.41, 5.74) is 13.3. The van der Waals surface area contributed by atoms with Crippen LogP contribution in [0.5, 0.6) is 17.2 Å². The number of nitrogens with zero attached hydrogens (tertiary/aromatic N) is 2. The molecule has 0 amide bonds. The van der Waals surface area contributed by atoms with Crippen LogP contribution < -0.4 is 14.2 Å². The van der Waals surface area contributed by atoms with Gasteiger partial charge in [-0.05, 0) is 70.7 Å². The van der Waals surface area contributed by atoms with Crippen molar-refractivity contribution >= 4 is 29.2 Å². The van der Waals surface area contributed by atoms with Crippen molar-refractivity contribution in [3.63, 3.8) is 0 Å². The first-order chi connectivity index (χ1) is 14.4. The SMILES string of the molecule is COc1cc(C=C2C(C)=C(CC(=O)C=[N+]=[N-])c3cc(F)ccc32)cc(OC)c1OC. The molecule has 0 aliphatic heterocycles. The van der Waals surface area contributed by atoms with Gasteiger partial charge >= 0.3 is 6.21 Å². The van der Waals surface area contributed by atoms with Crippen LogP contribution in [-0.2, 0) is 4.79 Å². The molecule has 0 bridgehead atoms. The van der Waals surface area contributed by atoms with Crippen molar-refractivity contribution in [1.29, 1.82) is 0 Å². The molecule has 0 radical (unpaired) electrons. The Morgan fingerprint density at radius 2 is 1.73 bits per heavy atom. The lowest BCUT2D eigenvalue weighted by atomic mass is 10.00. The van der Waals surface area contributed by atoms with Crippen LogP contribution in [0.15, 0.2) is 35.9 Å². The molecule has 0 atom stereocenters. The Morgan fingerprint density at radius 3 is 2.30 bits per heavy atom. The van der Waals surface area contributed by atoms with E-state index in [0.717, 1.165) is 28.5 Å². The van der Waals surface area contributed by atoms with Gasteiger partial charge in [-0.3, -0.25) is 4.79 Å². The molecule has 0 heterocycles. The van der Waals surface area contributed by atoms with Crippen molar-refractivity contribution in [2.75, 3.05) is 21.3 Å². The van der Waals surface area contributed by atoms with Crippen LogP contribution in [-0.4, -0.2) is 38.1 Å². The number of rotatable bonds is 7. The van der Waals surface area contributed by atoms with Gasteiger partial charge in [0.1, 0.15) is 5.82 Å². The molecule has 0 fully saturated rings. The molecule has 1 aliphatic rings. The van der Waals surface area contributed by atoms with Gasteiger partial charge < -0.3 is 19.7 Å². The predicted octanol–water partition coefficient (Wildman–Crippen LogP) is 4.44. The minimum absolute atomic E-state index is 0.00105. The molecule has 0 saturated carbocycles. The number of ether oxygens (including phenoxy) is 3. The number of fused-ring (bicyclic) bond motifs is 1. The van der Waals surface area contributed by atoms with Gasteiger partial charge in [-0.25, -0.2) is 4.39 Å². The van der Waals surface area contributed by atoms with Crippen molar-refractivity contribution < 1.29 is 28.2 Å². The zero-order valence-corrected chi connectivity index (χ0v) is 17.2. The summed E-state index contributed by atoms with van der Waals surface area (Å²) in [4.78, 5) is 14.8. The largest absolute Gasteiger partial charge is 0.493 e. The average Bonchev–Trinajstić information content (AvgIpc) is 2.98. The molecule has 0 spiro atoms. The lowest BCUT2D eigenvalue weighted by Crippen LogP contribution is -2.01. The van der Waals surface area contributed by atoms with E-state index in [0.29, 0.717) is 28.4 Å². The molecule has 7 heteroatoms. The number of benzene rings is 2. The van der Waals surface area contributed by atoms with Gasteiger partial charge in [0.15, 0.2) is 11.5 Å². The summed E-state index contributed by atoms with van der Waals surface area (Å²) in [5.74, 6) is 0.736. The van der Waals surface area contributed by atoms with Crippen molar-refractivity contribution in [3.05, 3.63) is 63.9 Å². The molecule has 6 nitrogen and oxygen atoms in total. The standard InChI is InChI=1S/C23H21FN2O4/c1-13-18(7-14-8-21(28-2)23(30-4)22(9-14)29-3)17-6-5-15(24)10-20(17)19(13)11-16(27)12-26-25/h5-10,12H,11H2,1-4H3. The highest BCUT2D eigenvalue weighted by Crippen LogP contribution is 2.45. The number of methoxy groups -OCH3 is 3. The summed E-state index contributed by atoms with van der Waals surface area (Å²) in [7, 11) is 4.62. The number of carbonyl (C=O) groups excluding carboxylic acids is 1. The third-order valence-corrected chi connectivity index (χ3v) is 5.00. The fraction of sp³-hybridized carbons (Fsp3) is 0.217. The van der Waals surface area contributed by atoms with Crippen LogP contribution >= 0.6 is 0 Å². The maximum atomic E-state index is 13.9. The van der Waals surface area contributed by atoms with Gasteiger partial charge in [-0.1, -0.05) is 6.07 Å². The molecule has 154 valence electrons. The molecule has 2 aromatic carbocycles. The van der Waals surface area contributed by atoms with Gasteiger partial charge in [0.05, 0.1) is 21.3 Å². The van der Waals surface area contributed by atoms with Gasteiger partial charge in [-0.15, -0.1) is 0 Å². The Labute approximate surface area is 173 Å². The zero-order chi connectivity index (χ0) is 21.8. The molecule has 30 heavy (non-hydrogen) atoms. The van der Waals surface area contributed by atoms with Crippen LogP contribution in [0.3, 0.4) is 0 Å². The minimum Gasteiger partial charge on any atom is -0.493 e. The van der Waals surface area contributed by atoms with Crippen LogP contribution in [0.1, 0.15) is 30.0 Å². The van der Waals surface area contributed by atoms with Gasteiger partial charge in [0.2, 0.25) is 11.5 Å². The number of ketones is 1. The fourth-order valence-electron chi connectivity index (χ4n) is 3.62. The number of halogens is 1. The van der Waals surface area contributed by atoms with E-state index in [1.807, 2.05) is 25.1 Å². The van der Waals surface area contributed by atoms with E-state index in [4.69, 9.17) is 19.7 Å². The Morgan fingerprint density at radius 1 is 1.07 bits per heavy atom. The highest BCUT2D eigenvalue weighted by molar-refractivity contribution is 6.28. The zero-order valence-electron chi connectivity index (χ0n) is 17.2. The second kappa shape index (κ2) is 8.76. The van der Waals surface area contributed by atoms with E-state index in [1.165, 1.54) is 19.2 Å². The maximum Gasteiger partial charge on any atom is 0.323 e. The van der Waals surface area contributed by atoms with E-state index in [-0.39, 0.29) is 12.2 Å². The van der Waals surface area contributed by atoms with Gasteiger partial charge in [-0.2, -0.15) is 4.79 Å². The van der Waals surface area contributed by atoms with E-state index >= 15 is 0 Å². The normalized spacial score (nSPS) is 13.7. The maximum absolute atomic E-state index is 13.9. The monoisotopic (exact) mass is 408 g/mol. The number of allylic oxidation sites excluding steroid dienone is 3. The Kier molecular flexibility index (Phi) is 6.14. The summed E-state index contributed by atoms with van der Waals surface area (Å²) in [6.45, 7) is 1.88. The van der Waals surface area contributed by atoms with Gasteiger partial charge in [0, 0.05) is 6.42 Å². The molecule has 3 rings (SSSR count). The lowest BCUT2D eigenvalue weighted by molar-refractivity contribution is -0.115. The average molecular weight is 408 g/mol. The van der Waals surface area contributed by atoms with Crippen LogP contribution in [0.25, 0.3) is 22.8 Å². The smallest absolute Gasteiger partial charge is 0.323 e. The topological polar surface area (TPSA) is 81.2 Å². The van der Waals surface area contributed by atoms with Crippen molar-refractivity contribution in [2.24, 2.45) is 0 Å². The van der Waals surface area contributed by atoms with E-state index < -0.39 is 5.82 Å². The number of hydrogen-bond donors (Lipinski definition) is 0. The molecule has 0 aromatic heterocycles. The first-order valence-electron chi connectivity index (χ1n) is 9.15. The molecule has 1 aliphatic carbocycles. The van der Waals surface area contributed by atoms with E-state index in [2.05, 4.69) is 4.79 Å². The minimum atomic E-state index is -0.392. The lowest BCUT2D eigenvalue weighted by Gasteiger charge is -2.13. The second-order valence-electron chi connectivity index (χ2n) is 6.70. The Bertz CT molecular complexity index is 1100. The molecule has 2 aromatic rings. The third kappa shape index (κ3) is 3.88. The summed E-state index contributed by atoms with van der Waals surface area (Å²) < 4.78 is 30.1. The molecule has 0 unspecified atom stereocenters. The van der Waals surface area contributed by atoms with Crippen LogP contribution in [0.4, 0.5) is 4.39 Å². The number of hydrogen-bond acceptors (Lipinski definition) is 4.